The minimum absolute atomic E-state index is 0.0419. The number of anilines is 1. The smallest absolute Gasteiger partial charge is 0.347 e. The van der Waals surface area contributed by atoms with E-state index in [9.17, 15) is 14.7 Å². The van der Waals surface area contributed by atoms with Crippen LogP contribution in [0.4, 0.5) is 5.69 Å². The van der Waals surface area contributed by atoms with E-state index in [4.69, 9.17) is 4.74 Å². The van der Waals surface area contributed by atoms with Crippen LogP contribution in [0.3, 0.4) is 0 Å². The molecule has 0 saturated carbocycles. The van der Waals surface area contributed by atoms with Crippen molar-refractivity contribution in [1.29, 1.82) is 0 Å². The van der Waals surface area contributed by atoms with Crippen molar-refractivity contribution in [3.8, 4) is 5.75 Å². The summed E-state index contributed by atoms with van der Waals surface area (Å²) < 4.78 is 6.57. The van der Waals surface area contributed by atoms with E-state index in [-0.39, 0.29) is 18.4 Å². The number of halogens is 1. The zero-order chi connectivity index (χ0) is 25.6. The highest BCUT2D eigenvalue weighted by molar-refractivity contribution is 9.10. The molecule has 1 aliphatic heterocycles. The molecule has 0 bridgehead atoms. The molecule has 35 heavy (non-hydrogen) atoms. The Bertz CT molecular complexity index is 1010. The Labute approximate surface area is 217 Å². The summed E-state index contributed by atoms with van der Waals surface area (Å²) in [6.07, 6.45) is 4.75. The van der Waals surface area contributed by atoms with Crippen LogP contribution in [0.5, 0.6) is 5.75 Å². The molecule has 1 aliphatic rings. The molecule has 2 aromatic rings. The Balaban J connectivity index is 1.74. The second-order valence-electron chi connectivity index (χ2n) is 10.2. The number of ether oxygens (including phenoxy) is 1. The number of hydrogen-bond acceptors (Lipinski definition) is 4. The Morgan fingerprint density at radius 2 is 1.74 bits per heavy atom. The van der Waals surface area contributed by atoms with Crippen LogP contribution in [0.25, 0.3) is 0 Å². The largest absolute Gasteiger partial charge is 0.478 e. The van der Waals surface area contributed by atoms with Crippen molar-refractivity contribution in [3.63, 3.8) is 0 Å². The lowest BCUT2D eigenvalue weighted by atomic mass is 9.94. The lowest BCUT2D eigenvalue weighted by molar-refractivity contribution is -0.152. The number of amides is 1. The second-order valence-corrected chi connectivity index (χ2v) is 11.2. The van der Waals surface area contributed by atoms with Crippen LogP contribution in [0.2, 0.25) is 0 Å². The van der Waals surface area contributed by atoms with Gasteiger partial charge in [-0.05, 0) is 86.9 Å². The maximum absolute atomic E-state index is 13.1. The van der Waals surface area contributed by atoms with Crippen molar-refractivity contribution in [2.75, 3.05) is 18.0 Å². The Morgan fingerprint density at radius 3 is 2.34 bits per heavy atom. The van der Waals surface area contributed by atoms with Crippen LogP contribution in [-0.2, 0) is 16.0 Å². The van der Waals surface area contributed by atoms with Crippen molar-refractivity contribution in [1.82, 2.24) is 5.32 Å². The van der Waals surface area contributed by atoms with Gasteiger partial charge in [0, 0.05) is 23.2 Å². The summed E-state index contributed by atoms with van der Waals surface area (Å²) in [6.45, 7) is 9.45. The Morgan fingerprint density at radius 1 is 1.09 bits per heavy atom. The SMILES string of the molecule is CC(C)CC(NC(=O)Cc1ccc(OC(C)(C)C(=O)O)cc1)c1cc(Br)ccc1N1CCCCC1. The van der Waals surface area contributed by atoms with E-state index in [2.05, 4.69) is 58.2 Å². The molecule has 1 fully saturated rings. The van der Waals surface area contributed by atoms with E-state index < -0.39 is 11.6 Å². The molecule has 1 amide bonds. The van der Waals surface area contributed by atoms with Crippen LogP contribution >= 0.6 is 15.9 Å². The predicted octanol–water partition coefficient (Wildman–Crippen LogP) is 6.13. The summed E-state index contributed by atoms with van der Waals surface area (Å²) in [5, 5.41) is 12.5. The lowest BCUT2D eigenvalue weighted by Gasteiger charge is -2.33. The first-order valence-electron chi connectivity index (χ1n) is 12.4. The molecule has 0 aromatic heterocycles. The number of hydrogen-bond donors (Lipinski definition) is 2. The molecule has 2 N–H and O–H groups in total. The monoisotopic (exact) mass is 544 g/mol. The van der Waals surface area contributed by atoms with Crippen LogP contribution in [0.15, 0.2) is 46.9 Å². The summed E-state index contributed by atoms with van der Waals surface area (Å²) in [5.41, 5.74) is 1.89. The normalized spacial score (nSPS) is 15.1. The van der Waals surface area contributed by atoms with Gasteiger partial charge < -0.3 is 20.1 Å². The van der Waals surface area contributed by atoms with E-state index in [1.807, 2.05) is 12.1 Å². The van der Waals surface area contributed by atoms with Crippen LogP contribution < -0.4 is 15.0 Å². The number of benzene rings is 2. The highest BCUT2D eigenvalue weighted by atomic mass is 79.9. The van der Waals surface area contributed by atoms with Gasteiger partial charge in [0.2, 0.25) is 5.91 Å². The molecular formula is C28H37BrN2O4. The molecule has 6 nitrogen and oxygen atoms in total. The number of nitrogens with zero attached hydrogens (tertiary/aromatic N) is 1. The number of aliphatic carboxylic acids is 1. The maximum Gasteiger partial charge on any atom is 0.347 e. The molecule has 1 heterocycles. The van der Waals surface area contributed by atoms with Gasteiger partial charge in [0.1, 0.15) is 5.75 Å². The molecule has 1 atom stereocenters. The fourth-order valence-electron chi connectivity index (χ4n) is 4.41. The van der Waals surface area contributed by atoms with Gasteiger partial charge in [-0.25, -0.2) is 4.79 Å². The molecular weight excluding hydrogens is 508 g/mol. The van der Waals surface area contributed by atoms with E-state index in [0.717, 1.165) is 35.1 Å². The minimum atomic E-state index is -1.32. The van der Waals surface area contributed by atoms with Crippen LogP contribution in [0, 0.1) is 5.92 Å². The summed E-state index contributed by atoms with van der Waals surface area (Å²) in [5.74, 6) is -0.199. The van der Waals surface area contributed by atoms with Crippen molar-refractivity contribution >= 4 is 33.5 Å². The summed E-state index contributed by atoms with van der Waals surface area (Å²) in [4.78, 5) is 26.9. The average Bonchev–Trinajstić information content (AvgIpc) is 2.80. The van der Waals surface area contributed by atoms with Gasteiger partial charge >= 0.3 is 5.97 Å². The fourth-order valence-corrected chi connectivity index (χ4v) is 4.79. The first kappa shape index (κ1) is 27.1. The third-order valence-electron chi connectivity index (χ3n) is 6.28. The number of carboxylic acids is 1. The Kier molecular flexibility index (Phi) is 9.22. The van der Waals surface area contributed by atoms with Gasteiger partial charge in [-0.2, -0.15) is 0 Å². The maximum atomic E-state index is 13.1. The molecule has 1 unspecified atom stereocenters. The summed E-state index contributed by atoms with van der Waals surface area (Å²) in [6, 6.07) is 13.3. The van der Waals surface area contributed by atoms with E-state index >= 15 is 0 Å². The molecule has 7 heteroatoms. The molecule has 1 saturated heterocycles. The number of carbonyl (C=O) groups excluding carboxylic acids is 1. The first-order valence-corrected chi connectivity index (χ1v) is 13.2. The minimum Gasteiger partial charge on any atom is -0.478 e. The predicted molar refractivity (Wildman–Crippen MR) is 143 cm³/mol. The van der Waals surface area contributed by atoms with Crippen molar-refractivity contribution in [3.05, 3.63) is 58.1 Å². The van der Waals surface area contributed by atoms with Gasteiger partial charge in [-0.3, -0.25) is 4.79 Å². The van der Waals surface area contributed by atoms with Gasteiger partial charge in [0.05, 0.1) is 12.5 Å². The molecule has 0 aliphatic carbocycles. The van der Waals surface area contributed by atoms with E-state index in [1.54, 1.807) is 12.1 Å². The number of carboxylic acid groups (broad SMARTS) is 1. The van der Waals surface area contributed by atoms with Gasteiger partial charge in [0.15, 0.2) is 5.60 Å². The molecule has 0 radical (unpaired) electrons. The zero-order valence-electron chi connectivity index (χ0n) is 21.1. The summed E-state index contributed by atoms with van der Waals surface area (Å²) >= 11 is 3.63. The van der Waals surface area contributed by atoms with Gasteiger partial charge in [-0.1, -0.05) is 41.9 Å². The fraction of sp³-hybridized carbons (Fsp3) is 0.500. The van der Waals surface area contributed by atoms with Crippen molar-refractivity contribution in [2.24, 2.45) is 5.92 Å². The van der Waals surface area contributed by atoms with Crippen LogP contribution in [0.1, 0.15) is 70.5 Å². The van der Waals surface area contributed by atoms with Crippen molar-refractivity contribution in [2.45, 2.75) is 71.4 Å². The topological polar surface area (TPSA) is 78.9 Å². The molecule has 0 spiro atoms. The zero-order valence-corrected chi connectivity index (χ0v) is 22.7. The lowest BCUT2D eigenvalue weighted by Crippen LogP contribution is -2.37. The standard InChI is InChI=1S/C28H37BrN2O4/c1-19(2)16-24(23-18-21(29)10-13-25(23)31-14-6-5-7-15-31)30-26(32)17-20-8-11-22(12-9-20)35-28(3,4)27(33)34/h8-13,18-19,24H,5-7,14-17H2,1-4H3,(H,30,32)(H,33,34). The number of carbonyl (C=O) groups is 2. The summed E-state index contributed by atoms with van der Waals surface area (Å²) in [7, 11) is 0. The third-order valence-corrected chi connectivity index (χ3v) is 6.77. The highest BCUT2D eigenvalue weighted by Gasteiger charge is 2.29. The van der Waals surface area contributed by atoms with Gasteiger partial charge in [0.25, 0.3) is 0 Å². The number of rotatable bonds is 10. The second kappa shape index (κ2) is 11.9. The number of nitrogens with one attached hydrogen (secondary N) is 1. The molecule has 190 valence electrons. The average molecular weight is 546 g/mol. The van der Waals surface area contributed by atoms with E-state index in [1.165, 1.54) is 38.8 Å². The van der Waals surface area contributed by atoms with Crippen LogP contribution in [-0.4, -0.2) is 35.7 Å². The Hall–Kier alpha value is -2.54. The molecule has 3 rings (SSSR count). The molecule has 2 aromatic carbocycles. The quantitative estimate of drug-likeness (QED) is 0.376. The highest BCUT2D eigenvalue weighted by Crippen LogP contribution is 2.34. The number of piperidine rings is 1. The van der Waals surface area contributed by atoms with Crippen molar-refractivity contribution < 1.29 is 19.4 Å². The first-order chi connectivity index (χ1) is 16.5. The van der Waals surface area contributed by atoms with Gasteiger partial charge in [-0.15, -0.1) is 0 Å². The van der Waals surface area contributed by atoms with E-state index in [0.29, 0.717) is 11.7 Å². The third kappa shape index (κ3) is 7.72.